The zero-order valence-electron chi connectivity index (χ0n) is 20.8. The second-order valence-corrected chi connectivity index (χ2v) is 10.5. The van der Waals surface area contributed by atoms with E-state index in [1.165, 1.54) is 28.1 Å². The molecule has 204 valence electrons. The standard InChI is InChI=1S/C24H29N5O7S2/c1-4-7-8-9-16(30)34-14-35-22(33)24(6-3)12-29-20(32)18(21(29)38-13-24)27-19(31)17(28-36-10-5-2)15-11-37-23(25)26-15/h2,6,11,18,21H,3-4,7-10,12-14H2,1H3,(H2,25,26)(H,27,31)/t18?,21-,24?/m1/s1. The Balaban J connectivity index is 1.58. The summed E-state index contributed by atoms with van der Waals surface area (Å²) in [6.07, 6.45) is 9.43. The van der Waals surface area contributed by atoms with Crippen molar-refractivity contribution in [2.75, 3.05) is 31.4 Å². The summed E-state index contributed by atoms with van der Waals surface area (Å²) < 4.78 is 10.2. The number of β-lactam (4-membered cyclic amide) rings is 1. The summed E-state index contributed by atoms with van der Waals surface area (Å²) in [6.45, 7) is 5.11. The van der Waals surface area contributed by atoms with Crippen molar-refractivity contribution < 1.29 is 33.5 Å². The molecule has 0 spiro atoms. The molecule has 0 aromatic carbocycles. The van der Waals surface area contributed by atoms with Gasteiger partial charge in [-0.25, -0.2) is 4.98 Å². The molecule has 0 saturated carbocycles. The third kappa shape index (κ3) is 6.65. The SMILES string of the molecule is C#CCON=C(C(=O)NC1C(=O)N2CC(C=C)(C(=O)OCOC(=O)CCCCC)CS[C@H]12)c1csc(N)n1. The summed E-state index contributed by atoms with van der Waals surface area (Å²) in [5, 5.41) is 7.76. The number of nitrogens with one attached hydrogen (secondary N) is 1. The molecular weight excluding hydrogens is 534 g/mol. The molecule has 2 aliphatic heterocycles. The minimum atomic E-state index is -1.19. The van der Waals surface area contributed by atoms with E-state index in [2.05, 4.69) is 28.0 Å². The van der Waals surface area contributed by atoms with Gasteiger partial charge in [0.15, 0.2) is 17.5 Å². The Morgan fingerprint density at radius 2 is 2.21 bits per heavy atom. The van der Waals surface area contributed by atoms with E-state index in [0.29, 0.717) is 6.42 Å². The van der Waals surface area contributed by atoms with E-state index in [4.69, 9.17) is 26.5 Å². The molecule has 2 aliphatic rings. The number of anilines is 1. The molecule has 3 rings (SSSR count). The molecule has 2 unspecified atom stereocenters. The lowest BCUT2D eigenvalue weighted by Crippen LogP contribution is -2.73. The number of aromatic nitrogens is 1. The van der Waals surface area contributed by atoms with Crippen molar-refractivity contribution in [2.24, 2.45) is 10.6 Å². The first-order chi connectivity index (χ1) is 18.3. The monoisotopic (exact) mass is 563 g/mol. The Labute approximate surface area is 228 Å². The molecule has 38 heavy (non-hydrogen) atoms. The number of hydrogen-bond donors (Lipinski definition) is 2. The minimum Gasteiger partial charge on any atom is -0.428 e. The van der Waals surface area contributed by atoms with Crippen LogP contribution in [0.3, 0.4) is 0 Å². The van der Waals surface area contributed by atoms with Crippen LogP contribution in [0.25, 0.3) is 0 Å². The first kappa shape index (κ1) is 29.0. The van der Waals surface area contributed by atoms with Crippen molar-refractivity contribution in [3.05, 3.63) is 23.7 Å². The number of nitrogens with two attached hydrogens (primary N) is 1. The van der Waals surface area contributed by atoms with Gasteiger partial charge in [-0.1, -0.05) is 36.9 Å². The van der Waals surface area contributed by atoms with Gasteiger partial charge in [0.2, 0.25) is 12.7 Å². The number of amides is 2. The van der Waals surface area contributed by atoms with Crippen molar-refractivity contribution in [3.63, 3.8) is 0 Å². The van der Waals surface area contributed by atoms with Crippen molar-refractivity contribution in [1.29, 1.82) is 0 Å². The van der Waals surface area contributed by atoms with E-state index < -0.39 is 47.4 Å². The fourth-order valence-corrected chi connectivity index (χ4v) is 5.83. The smallest absolute Gasteiger partial charge is 0.321 e. The quantitative estimate of drug-likeness (QED) is 0.0522. The van der Waals surface area contributed by atoms with Gasteiger partial charge in [0.1, 0.15) is 22.5 Å². The molecule has 3 N–H and O–H groups in total. The number of fused-ring (bicyclic) bond motifs is 1. The number of thiazole rings is 1. The van der Waals surface area contributed by atoms with E-state index >= 15 is 0 Å². The number of oxime groups is 1. The molecule has 2 saturated heterocycles. The number of carbonyl (C=O) groups excluding carboxylic acids is 4. The highest BCUT2D eigenvalue weighted by atomic mass is 32.2. The van der Waals surface area contributed by atoms with Crippen molar-refractivity contribution in [2.45, 2.75) is 44.0 Å². The molecule has 1 aromatic heterocycles. The summed E-state index contributed by atoms with van der Waals surface area (Å²) in [6, 6.07) is -0.857. The van der Waals surface area contributed by atoms with E-state index in [1.54, 1.807) is 0 Å². The lowest BCUT2D eigenvalue weighted by molar-refractivity contribution is -0.174. The first-order valence-corrected chi connectivity index (χ1v) is 13.7. The average Bonchev–Trinajstić information content (AvgIpc) is 3.34. The van der Waals surface area contributed by atoms with Crippen LogP contribution in [-0.2, 0) is 33.5 Å². The van der Waals surface area contributed by atoms with Crippen molar-refractivity contribution in [1.82, 2.24) is 15.2 Å². The summed E-state index contributed by atoms with van der Waals surface area (Å²) in [5.74, 6) is 0.311. The molecular formula is C24H29N5O7S2. The number of thioether (sulfide) groups is 1. The fraction of sp³-hybridized carbons (Fsp3) is 0.500. The van der Waals surface area contributed by atoms with Crippen LogP contribution in [0.15, 0.2) is 23.2 Å². The van der Waals surface area contributed by atoms with Crippen molar-refractivity contribution >= 4 is 57.7 Å². The topological polar surface area (TPSA) is 163 Å². The zero-order valence-corrected chi connectivity index (χ0v) is 22.5. The maximum atomic E-state index is 13.0. The second-order valence-electron chi connectivity index (χ2n) is 8.49. The predicted molar refractivity (Wildman–Crippen MR) is 142 cm³/mol. The van der Waals surface area contributed by atoms with Crippen molar-refractivity contribution in [3.8, 4) is 12.3 Å². The highest BCUT2D eigenvalue weighted by molar-refractivity contribution is 8.00. The molecule has 3 atom stereocenters. The van der Waals surface area contributed by atoms with Crippen LogP contribution >= 0.6 is 23.1 Å². The van der Waals surface area contributed by atoms with Gasteiger partial charge in [-0.05, 0) is 6.42 Å². The number of esters is 2. The van der Waals surface area contributed by atoms with Gasteiger partial charge < -0.3 is 30.3 Å². The van der Waals surface area contributed by atoms with Crippen LogP contribution in [0.1, 0.15) is 38.3 Å². The van der Waals surface area contributed by atoms with Crippen LogP contribution < -0.4 is 11.1 Å². The van der Waals surface area contributed by atoms with E-state index in [1.807, 2.05) is 6.92 Å². The predicted octanol–water partition coefficient (Wildman–Crippen LogP) is 1.28. The number of hydrogen-bond acceptors (Lipinski definition) is 12. The van der Waals surface area contributed by atoms with Gasteiger partial charge in [-0.2, -0.15) is 0 Å². The lowest BCUT2D eigenvalue weighted by atomic mass is 9.87. The summed E-state index contributed by atoms with van der Waals surface area (Å²) in [5.41, 5.74) is 4.49. The third-order valence-corrected chi connectivity index (χ3v) is 8.09. The Bertz CT molecular complexity index is 1150. The van der Waals surface area contributed by atoms with Crippen LogP contribution in [0.5, 0.6) is 0 Å². The second kappa shape index (κ2) is 13.3. The number of rotatable bonds is 13. The zero-order chi connectivity index (χ0) is 27.7. The average molecular weight is 564 g/mol. The van der Waals surface area contributed by atoms with Gasteiger partial charge in [-0.15, -0.1) is 36.1 Å². The number of terminal acetylenes is 1. The minimum absolute atomic E-state index is 0.0114. The molecule has 2 amide bonds. The van der Waals surface area contributed by atoms with E-state index in [9.17, 15) is 19.2 Å². The Morgan fingerprint density at radius 3 is 2.87 bits per heavy atom. The number of nitrogens with zero attached hydrogens (tertiary/aromatic N) is 3. The Hall–Kier alpha value is -3.57. The maximum absolute atomic E-state index is 13.0. The molecule has 0 radical (unpaired) electrons. The van der Waals surface area contributed by atoms with Gasteiger partial charge in [-0.3, -0.25) is 19.2 Å². The van der Waals surface area contributed by atoms with E-state index in [0.717, 1.165) is 24.2 Å². The summed E-state index contributed by atoms with van der Waals surface area (Å²) in [7, 11) is 0. The Morgan fingerprint density at radius 1 is 1.42 bits per heavy atom. The first-order valence-electron chi connectivity index (χ1n) is 11.8. The van der Waals surface area contributed by atoms with Gasteiger partial charge in [0.25, 0.3) is 5.91 Å². The number of carbonyl (C=O) groups is 4. The molecule has 3 heterocycles. The van der Waals surface area contributed by atoms with Crippen LogP contribution in [0, 0.1) is 17.8 Å². The molecule has 1 aromatic rings. The van der Waals surface area contributed by atoms with Gasteiger partial charge in [0, 0.05) is 24.1 Å². The summed E-state index contributed by atoms with van der Waals surface area (Å²) >= 11 is 2.41. The molecule has 2 fully saturated rings. The fourth-order valence-electron chi connectivity index (χ4n) is 3.75. The normalized spacial score (nSPS) is 22.4. The highest BCUT2D eigenvalue weighted by Gasteiger charge is 2.57. The largest absolute Gasteiger partial charge is 0.428 e. The summed E-state index contributed by atoms with van der Waals surface area (Å²) in [4.78, 5) is 60.9. The number of ether oxygens (including phenoxy) is 2. The molecule has 12 nitrogen and oxygen atoms in total. The Kier molecular flexibility index (Phi) is 10.1. The molecule has 0 aliphatic carbocycles. The molecule has 0 bridgehead atoms. The number of unbranched alkanes of at least 4 members (excludes halogenated alkanes) is 2. The van der Waals surface area contributed by atoms with Crippen LogP contribution in [0.4, 0.5) is 5.13 Å². The van der Waals surface area contributed by atoms with Crippen LogP contribution in [-0.4, -0.2) is 76.5 Å². The lowest BCUT2D eigenvalue weighted by Gasteiger charge is -2.53. The number of nitrogen functional groups attached to an aromatic ring is 1. The van der Waals surface area contributed by atoms with Gasteiger partial charge >= 0.3 is 11.9 Å². The highest BCUT2D eigenvalue weighted by Crippen LogP contribution is 2.43. The molecule has 14 heteroatoms. The maximum Gasteiger partial charge on any atom is 0.321 e. The third-order valence-electron chi connectivity index (χ3n) is 5.87. The van der Waals surface area contributed by atoms with E-state index in [-0.39, 0.29) is 41.9 Å². The van der Waals surface area contributed by atoms with Crippen LogP contribution in [0.2, 0.25) is 0 Å². The van der Waals surface area contributed by atoms with Gasteiger partial charge in [0.05, 0.1) is 0 Å².